The molecule has 0 atom stereocenters. The lowest BCUT2D eigenvalue weighted by Crippen LogP contribution is -2.28. The van der Waals surface area contributed by atoms with E-state index in [-0.39, 0.29) is 11.9 Å². The molecular formula is C19H23N3O3. The average molecular weight is 341 g/mol. The van der Waals surface area contributed by atoms with Crippen molar-refractivity contribution >= 4 is 17.6 Å². The SMILES string of the molecule is CCCNC(=O)c1ccc(NC(=O)NCc2ccccc2OC)cc1. The molecule has 6 heteroatoms. The van der Waals surface area contributed by atoms with E-state index >= 15 is 0 Å². The Morgan fingerprint density at radius 3 is 2.40 bits per heavy atom. The first-order valence-electron chi connectivity index (χ1n) is 8.19. The number of anilines is 1. The lowest BCUT2D eigenvalue weighted by Gasteiger charge is -2.11. The molecule has 0 unspecified atom stereocenters. The normalized spacial score (nSPS) is 10.0. The van der Waals surface area contributed by atoms with Gasteiger partial charge in [0.05, 0.1) is 7.11 Å². The van der Waals surface area contributed by atoms with E-state index < -0.39 is 0 Å². The van der Waals surface area contributed by atoms with E-state index in [0.717, 1.165) is 17.7 Å². The van der Waals surface area contributed by atoms with E-state index in [1.165, 1.54) is 0 Å². The van der Waals surface area contributed by atoms with E-state index in [2.05, 4.69) is 16.0 Å². The van der Waals surface area contributed by atoms with Crippen LogP contribution < -0.4 is 20.7 Å². The zero-order valence-corrected chi connectivity index (χ0v) is 14.5. The molecule has 132 valence electrons. The molecule has 0 fully saturated rings. The second-order valence-electron chi connectivity index (χ2n) is 5.45. The minimum absolute atomic E-state index is 0.117. The second kappa shape index (κ2) is 9.32. The smallest absolute Gasteiger partial charge is 0.319 e. The standard InChI is InChI=1S/C19H23N3O3/c1-3-12-20-18(23)14-8-10-16(11-9-14)22-19(24)21-13-15-6-4-5-7-17(15)25-2/h4-11H,3,12-13H2,1-2H3,(H,20,23)(H2,21,22,24). The second-order valence-corrected chi connectivity index (χ2v) is 5.45. The van der Waals surface area contributed by atoms with Gasteiger partial charge in [-0.3, -0.25) is 4.79 Å². The molecule has 2 aromatic carbocycles. The highest BCUT2D eigenvalue weighted by Gasteiger charge is 2.07. The quantitative estimate of drug-likeness (QED) is 0.724. The van der Waals surface area contributed by atoms with Crippen LogP contribution in [-0.2, 0) is 6.54 Å². The van der Waals surface area contributed by atoms with Gasteiger partial charge in [0.25, 0.3) is 5.91 Å². The summed E-state index contributed by atoms with van der Waals surface area (Å²) in [5, 5.41) is 8.32. The van der Waals surface area contributed by atoms with Gasteiger partial charge in [-0.15, -0.1) is 0 Å². The fourth-order valence-corrected chi connectivity index (χ4v) is 2.25. The summed E-state index contributed by atoms with van der Waals surface area (Å²) in [4.78, 5) is 23.8. The highest BCUT2D eigenvalue weighted by atomic mass is 16.5. The van der Waals surface area contributed by atoms with Gasteiger partial charge in [0.2, 0.25) is 0 Å². The first-order chi connectivity index (χ1) is 12.1. The summed E-state index contributed by atoms with van der Waals surface area (Å²) in [6.07, 6.45) is 0.887. The molecule has 6 nitrogen and oxygen atoms in total. The van der Waals surface area contributed by atoms with Gasteiger partial charge in [-0.1, -0.05) is 25.1 Å². The Morgan fingerprint density at radius 2 is 1.72 bits per heavy atom. The summed E-state index contributed by atoms with van der Waals surface area (Å²) >= 11 is 0. The number of hydrogen-bond donors (Lipinski definition) is 3. The Balaban J connectivity index is 1.87. The van der Waals surface area contributed by atoms with E-state index in [4.69, 9.17) is 4.74 Å². The Kier molecular flexibility index (Phi) is 6.83. The summed E-state index contributed by atoms with van der Waals surface area (Å²) in [6, 6.07) is 13.9. The molecule has 0 aliphatic heterocycles. The Bertz CT molecular complexity index is 714. The molecule has 0 aliphatic rings. The molecule has 3 amide bonds. The van der Waals surface area contributed by atoms with Crippen molar-refractivity contribution in [2.75, 3.05) is 19.0 Å². The Labute approximate surface area is 147 Å². The van der Waals surface area contributed by atoms with Crippen LogP contribution in [0.4, 0.5) is 10.5 Å². The number of hydrogen-bond acceptors (Lipinski definition) is 3. The summed E-state index contributed by atoms with van der Waals surface area (Å²) in [5.74, 6) is 0.610. The van der Waals surface area contributed by atoms with Crippen LogP contribution in [0.3, 0.4) is 0 Å². The molecule has 0 saturated heterocycles. The number of rotatable bonds is 7. The molecule has 0 heterocycles. The number of nitrogens with one attached hydrogen (secondary N) is 3. The van der Waals surface area contributed by atoms with Gasteiger partial charge < -0.3 is 20.7 Å². The van der Waals surface area contributed by atoms with Crippen LogP contribution in [0.5, 0.6) is 5.75 Å². The van der Waals surface area contributed by atoms with Crippen LogP contribution >= 0.6 is 0 Å². The van der Waals surface area contributed by atoms with Crippen LogP contribution in [0, 0.1) is 0 Å². The fraction of sp³-hybridized carbons (Fsp3) is 0.263. The molecule has 2 aromatic rings. The number of para-hydroxylation sites is 1. The number of carbonyl (C=O) groups is 2. The molecule has 25 heavy (non-hydrogen) atoms. The number of ether oxygens (including phenoxy) is 1. The third kappa shape index (κ3) is 5.53. The van der Waals surface area contributed by atoms with Crippen LogP contribution in [0.25, 0.3) is 0 Å². The molecular weight excluding hydrogens is 318 g/mol. The maximum Gasteiger partial charge on any atom is 0.319 e. The van der Waals surface area contributed by atoms with Crippen molar-refractivity contribution < 1.29 is 14.3 Å². The molecule has 0 radical (unpaired) electrons. The average Bonchev–Trinajstić information content (AvgIpc) is 2.65. The zero-order chi connectivity index (χ0) is 18.1. The Hall–Kier alpha value is -3.02. The van der Waals surface area contributed by atoms with Crippen LogP contribution in [0.2, 0.25) is 0 Å². The minimum Gasteiger partial charge on any atom is -0.496 e. The zero-order valence-electron chi connectivity index (χ0n) is 14.5. The highest BCUT2D eigenvalue weighted by molar-refractivity contribution is 5.95. The van der Waals surface area contributed by atoms with Gasteiger partial charge in [-0.2, -0.15) is 0 Å². The number of amides is 3. The molecule has 0 aromatic heterocycles. The van der Waals surface area contributed by atoms with Crippen molar-refractivity contribution in [3.8, 4) is 5.75 Å². The van der Waals surface area contributed by atoms with E-state index in [1.54, 1.807) is 31.4 Å². The van der Waals surface area contributed by atoms with Gasteiger partial charge in [0, 0.05) is 29.9 Å². The van der Waals surface area contributed by atoms with Crippen molar-refractivity contribution in [3.63, 3.8) is 0 Å². The van der Waals surface area contributed by atoms with Crippen LogP contribution in [0.15, 0.2) is 48.5 Å². The first-order valence-corrected chi connectivity index (χ1v) is 8.19. The first kappa shape index (κ1) is 18.3. The third-order valence-electron chi connectivity index (χ3n) is 3.57. The highest BCUT2D eigenvalue weighted by Crippen LogP contribution is 2.16. The van der Waals surface area contributed by atoms with Gasteiger partial charge in [-0.25, -0.2) is 4.79 Å². The van der Waals surface area contributed by atoms with Gasteiger partial charge in [0.1, 0.15) is 5.75 Å². The number of benzene rings is 2. The van der Waals surface area contributed by atoms with Crippen molar-refractivity contribution in [3.05, 3.63) is 59.7 Å². The molecule has 0 aliphatic carbocycles. The fourth-order valence-electron chi connectivity index (χ4n) is 2.25. The van der Waals surface area contributed by atoms with Crippen molar-refractivity contribution in [2.45, 2.75) is 19.9 Å². The largest absolute Gasteiger partial charge is 0.496 e. The lowest BCUT2D eigenvalue weighted by atomic mass is 10.2. The predicted octanol–water partition coefficient (Wildman–Crippen LogP) is 3.16. The predicted molar refractivity (Wildman–Crippen MR) is 97.9 cm³/mol. The minimum atomic E-state index is -0.325. The summed E-state index contributed by atoms with van der Waals surface area (Å²) < 4.78 is 5.25. The van der Waals surface area contributed by atoms with Gasteiger partial charge >= 0.3 is 6.03 Å². The third-order valence-corrected chi connectivity index (χ3v) is 3.57. The molecule has 0 bridgehead atoms. The monoisotopic (exact) mass is 341 g/mol. The van der Waals surface area contributed by atoms with Crippen molar-refractivity contribution in [2.24, 2.45) is 0 Å². The Morgan fingerprint density at radius 1 is 1.00 bits per heavy atom. The molecule has 3 N–H and O–H groups in total. The maximum atomic E-state index is 12.0. The van der Waals surface area contributed by atoms with Crippen LogP contribution in [-0.4, -0.2) is 25.6 Å². The summed E-state index contributed by atoms with van der Waals surface area (Å²) in [5.41, 5.74) is 2.07. The van der Waals surface area contributed by atoms with Crippen molar-refractivity contribution in [1.82, 2.24) is 10.6 Å². The maximum absolute atomic E-state index is 12.0. The number of methoxy groups -OCH3 is 1. The van der Waals surface area contributed by atoms with E-state index in [9.17, 15) is 9.59 Å². The van der Waals surface area contributed by atoms with Crippen molar-refractivity contribution in [1.29, 1.82) is 0 Å². The number of carbonyl (C=O) groups excluding carboxylic acids is 2. The molecule has 2 rings (SSSR count). The summed E-state index contributed by atoms with van der Waals surface area (Å²) in [7, 11) is 1.59. The molecule has 0 spiro atoms. The lowest BCUT2D eigenvalue weighted by molar-refractivity contribution is 0.0953. The van der Waals surface area contributed by atoms with Crippen LogP contribution in [0.1, 0.15) is 29.3 Å². The number of urea groups is 1. The van der Waals surface area contributed by atoms with Gasteiger partial charge in [-0.05, 0) is 36.8 Å². The van der Waals surface area contributed by atoms with E-state index in [0.29, 0.717) is 24.3 Å². The topological polar surface area (TPSA) is 79.5 Å². The van der Waals surface area contributed by atoms with Gasteiger partial charge in [0.15, 0.2) is 0 Å². The van der Waals surface area contributed by atoms with E-state index in [1.807, 2.05) is 31.2 Å². The summed E-state index contributed by atoms with van der Waals surface area (Å²) in [6.45, 7) is 2.99. The molecule has 0 saturated carbocycles.